The van der Waals surface area contributed by atoms with Gasteiger partial charge in [0.2, 0.25) is 5.60 Å². The van der Waals surface area contributed by atoms with Crippen molar-refractivity contribution < 1.29 is 24.2 Å². The van der Waals surface area contributed by atoms with E-state index >= 15 is 0 Å². The maximum Gasteiger partial charge on any atom is 0.350 e. The summed E-state index contributed by atoms with van der Waals surface area (Å²) in [5, 5.41) is 17.7. The molecule has 1 atom stereocenters. The Morgan fingerprint density at radius 1 is 1.14 bits per heavy atom. The predicted molar refractivity (Wildman–Crippen MR) is 107 cm³/mol. The first-order valence-electron chi connectivity index (χ1n) is 9.23. The number of hydrazone groups is 1. The first-order valence-corrected chi connectivity index (χ1v) is 9.61. The lowest BCUT2D eigenvalue weighted by Gasteiger charge is -2.35. The number of halogens is 1. The second kappa shape index (κ2) is 8.30. The Hall–Kier alpha value is -2.78. The van der Waals surface area contributed by atoms with Gasteiger partial charge >= 0.3 is 11.9 Å². The van der Waals surface area contributed by atoms with Crippen molar-refractivity contribution in [1.29, 1.82) is 0 Å². The molecular weight excluding hydrogens is 400 g/mol. The minimum Gasteiger partial charge on any atom is -0.466 e. The van der Waals surface area contributed by atoms with Crippen molar-refractivity contribution in [2.24, 2.45) is 5.10 Å². The van der Waals surface area contributed by atoms with Crippen LogP contribution in [0.4, 0.5) is 5.82 Å². The summed E-state index contributed by atoms with van der Waals surface area (Å²) in [4.78, 5) is 33.9. The molecule has 9 nitrogen and oxygen atoms in total. The van der Waals surface area contributed by atoms with E-state index in [0.717, 1.165) is 0 Å². The van der Waals surface area contributed by atoms with E-state index in [9.17, 15) is 14.7 Å². The largest absolute Gasteiger partial charge is 0.466 e. The van der Waals surface area contributed by atoms with Gasteiger partial charge in [0, 0.05) is 11.6 Å². The fraction of sp³-hybridized carbons (Fsp3) is 0.421. The van der Waals surface area contributed by atoms with Gasteiger partial charge in [-0.2, -0.15) is 5.10 Å². The molecule has 0 bridgehead atoms. The highest BCUT2D eigenvalue weighted by molar-refractivity contribution is 6.31. The van der Waals surface area contributed by atoms with Crippen LogP contribution in [0, 0.1) is 0 Å². The first kappa shape index (κ1) is 20.9. The lowest BCUT2D eigenvalue weighted by Crippen LogP contribution is -2.51. The van der Waals surface area contributed by atoms with E-state index in [1.165, 1.54) is 5.01 Å². The molecule has 0 amide bonds. The highest BCUT2D eigenvalue weighted by atomic mass is 35.5. The lowest BCUT2D eigenvalue weighted by molar-refractivity contribution is -0.159. The van der Waals surface area contributed by atoms with Crippen molar-refractivity contribution in [3.8, 4) is 0 Å². The quantitative estimate of drug-likeness (QED) is 0.707. The van der Waals surface area contributed by atoms with Gasteiger partial charge in [0.25, 0.3) is 0 Å². The SMILES string of the molecule is CCOC(=O)CC1=NN(CC)c2nc3ccc(Cl)cc3nc2C1(O)C(=O)OCC. The van der Waals surface area contributed by atoms with Crippen LogP contribution in [0.2, 0.25) is 5.02 Å². The van der Waals surface area contributed by atoms with Crippen LogP contribution >= 0.6 is 11.6 Å². The maximum atomic E-state index is 12.8. The number of rotatable bonds is 6. The standard InChI is InChI=1S/C19H21ClN4O5/c1-4-24-17-16(21-13-9-11(20)7-8-12(13)22-17)19(27,18(26)29-6-3)14(23-24)10-15(25)28-5-2/h7-9,27H,4-6,10H2,1-3H3. The maximum absolute atomic E-state index is 12.8. The van der Waals surface area contributed by atoms with Crippen molar-refractivity contribution in [2.45, 2.75) is 32.8 Å². The number of ether oxygens (including phenoxy) is 2. The highest BCUT2D eigenvalue weighted by Crippen LogP contribution is 2.37. The molecule has 1 aromatic carbocycles. The van der Waals surface area contributed by atoms with Crippen LogP contribution < -0.4 is 5.01 Å². The van der Waals surface area contributed by atoms with E-state index in [-0.39, 0.29) is 30.4 Å². The average molecular weight is 421 g/mol. The molecule has 1 aliphatic rings. The summed E-state index contributed by atoms with van der Waals surface area (Å²) in [6.07, 6.45) is -0.408. The van der Waals surface area contributed by atoms with Crippen LogP contribution in [0.3, 0.4) is 0 Å². The van der Waals surface area contributed by atoms with Gasteiger partial charge in [-0.15, -0.1) is 0 Å². The minimum atomic E-state index is -2.38. The van der Waals surface area contributed by atoms with Crippen molar-refractivity contribution in [2.75, 3.05) is 24.8 Å². The van der Waals surface area contributed by atoms with E-state index in [4.69, 9.17) is 21.1 Å². The van der Waals surface area contributed by atoms with E-state index < -0.39 is 24.0 Å². The average Bonchev–Trinajstić information content (AvgIpc) is 2.69. The number of nitrogens with zero attached hydrogens (tertiary/aromatic N) is 4. The fourth-order valence-electron chi connectivity index (χ4n) is 3.03. The Labute approximate surface area is 172 Å². The van der Waals surface area contributed by atoms with Crippen molar-refractivity contribution in [3.63, 3.8) is 0 Å². The molecule has 2 aromatic rings. The van der Waals surface area contributed by atoms with Gasteiger partial charge in [-0.25, -0.2) is 19.8 Å². The lowest BCUT2D eigenvalue weighted by atomic mass is 9.89. The monoisotopic (exact) mass is 420 g/mol. The van der Waals surface area contributed by atoms with E-state index in [2.05, 4.69) is 15.1 Å². The molecule has 1 N–H and O–H groups in total. The molecule has 0 spiro atoms. The molecule has 0 saturated carbocycles. The van der Waals surface area contributed by atoms with Crippen LogP contribution in [0.25, 0.3) is 11.0 Å². The highest BCUT2D eigenvalue weighted by Gasteiger charge is 2.52. The molecule has 0 aliphatic carbocycles. The molecule has 0 radical (unpaired) electrons. The Bertz CT molecular complexity index is 996. The molecule has 1 unspecified atom stereocenters. The first-order chi connectivity index (χ1) is 13.8. The van der Waals surface area contributed by atoms with Crippen LogP contribution in [0.5, 0.6) is 0 Å². The summed E-state index contributed by atoms with van der Waals surface area (Å²) in [7, 11) is 0. The number of aliphatic hydroxyl groups is 1. The molecule has 10 heteroatoms. The Balaban J connectivity index is 2.24. The summed E-state index contributed by atoms with van der Waals surface area (Å²) >= 11 is 6.06. The zero-order valence-electron chi connectivity index (χ0n) is 16.3. The van der Waals surface area contributed by atoms with Gasteiger partial charge in [-0.3, -0.25) is 4.79 Å². The molecule has 29 heavy (non-hydrogen) atoms. The predicted octanol–water partition coefficient (Wildman–Crippen LogP) is 2.18. The summed E-state index contributed by atoms with van der Waals surface area (Å²) in [5.74, 6) is -1.42. The Morgan fingerprint density at radius 2 is 1.86 bits per heavy atom. The van der Waals surface area contributed by atoms with Gasteiger partial charge in [0.05, 0.1) is 36.4 Å². The summed E-state index contributed by atoms with van der Waals surface area (Å²) in [5.41, 5.74) is -1.69. The van der Waals surface area contributed by atoms with Crippen molar-refractivity contribution in [1.82, 2.24) is 9.97 Å². The minimum absolute atomic E-state index is 0.0213. The smallest absolute Gasteiger partial charge is 0.350 e. The second-order valence-corrected chi connectivity index (χ2v) is 6.64. The van der Waals surface area contributed by atoms with Crippen LogP contribution in [-0.2, 0) is 24.7 Å². The molecule has 154 valence electrons. The molecule has 2 heterocycles. The normalized spacial score (nSPS) is 18.2. The molecular formula is C19H21ClN4O5. The zero-order chi connectivity index (χ0) is 21.2. The van der Waals surface area contributed by atoms with E-state index in [0.29, 0.717) is 22.6 Å². The van der Waals surface area contributed by atoms with Gasteiger partial charge in [-0.1, -0.05) is 11.6 Å². The molecule has 1 aromatic heterocycles. The van der Waals surface area contributed by atoms with Gasteiger partial charge in [-0.05, 0) is 39.0 Å². The number of benzene rings is 1. The van der Waals surface area contributed by atoms with E-state index in [1.54, 1.807) is 32.0 Å². The van der Waals surface area contributed by atoms with Crippen molar-refractivity contribution in [3.05, 3.63) is 28.9 Å². The molecule has 0 saturated heterocycles. The summed E-state index contributed by atoms with van der Waals surface area (Å²) < 4.78 is 10.0. The molecule has 0 fully saturated rings. The van der Waals surface area contributed by atoms with Crippen molar-refractivity contribution >= 4 is 46.1 Å². The number of hydrogen-bond acceptors (Lipinski definition) is 9. The topological polar surface area (TPSA) is 114 Å². The fourth-order valence-corrected chi connectivity index (χ4v) is 3.19. The molecule has 1 aliphatic heterocycles. The third-order valence-electron chi connectivity index (χ3n) is 4.34. The van der Waals surface area contributed by atoms with Crippen LogP contribution in [0.15, 0.2) is 23.3 Å². The summed E-state index contributed by atoms with van der Waals surface area (Å²) in [6.45, 7) is 5.63. The zero-order valence-corrected chi connectivity index (χ0v) is 17.1. The number of hydrogen-bond donors (Lipinski definition) is 1. The second-order valence-electron chi connectivity index (χ2n) is 6.20. The van der Waals surface area contributed by atoms with E-state index in [1.807, 2.05) is 6.92 Å². The number of aromatic nitrogens is 2. The molecule has 3 rings (SSSR count). The number of fused-ring (bicyclic) bond motifs is 2. The summed E-state index contributed by atoms with van der Waals surface area (Å²) in [6, 6.07) is 4.92. The third kappa shape index (κ3) is 3.75. The van der Waals surface area contributed by atoms with Gasteiger partial charge < -0.3 is 14.6 Å². The number of esters is 2. The number of carbonyl (C=O) groups is 2. The van der Waals surface area contributed by atoms with Gasteiger partial charge in [0.1, 0.15) is 5.69 Å². The number of carbonyl (C=O) groups excluding carboxylic acids is 2. The number of anilines is 1. The third-order valence-corrected chi connectivity index (χ3v) is 4.58. The van der Waals surface area contributed by atoms with Crippen LogP contribution in [-0.4, -0.2) is 52.5 Å². The Morgan fingerprint density at radius 3 is 2.52 bits per heavy atom. The van der Waals surface area contributed by atoms with Crippen LogP contribution in [0.1, 0.15) is 32.9 Å². The Kier molecular flexibility index (Phi) is 5.99. The van der Waals surface area contributed by atoms with Gasteiger partial charge in [0.15, 0.2) is 5.82 Å².